The number of aliphatic hydroxyl groups is 7. The first kappa shape index (κ1) is 29.9. The number of hydrogen-bond donors (Lipinski definition) is 7. The summed E-state index contributed by atoms with van der Waals surface area (Å²) in [5, 5.41) is 71.3. The molecular weight excluding hydrogens is 476 g/mol. The zero-order chi connectivity index (χ0) is 26.9. The van der Waals surface area contributed by atoms with Gasteiger partial charge in [-0.3, -0.25) is 0 Å². The van der Waals surface area contributed by atoms with Crippen molar-refractivity contribution in [1.29, 1.82) is 0 Å². The van der Waals surface area contributed by atoms with Crippen molar-refractivity contribution < 1.29 is 54.7 Å². The van der Waals surface area contributed by atoms with E-state index in [1.807, 2.05) is 13.8 Å². The van der Waals surface area contributed by atoms with Crippen molar-refractivity contribution in [2.24, 2.45) is 5.41 Å². The number of allylic oxidation sites excluding steroid dienone is 1. The molecule has 3 aliphatic rings. The van der Waals surface area contributed by atoms with E-state index in [-0.39, 0.29) is 17.6 Å². The summed E-state index contributed by atoms with van der Waals surface area (Å²) >= 11 is 0. The second-order valence-electron chi connectivity index (χ2n) is 11.2. The highest BCUT2D eigenvalue weighted by molar-refractivity contribution is 5.24. The molecule has 0 aromatic carbocycles. The van der Waals surface area contributed by atoms with Crippen molar-refractivity contribution in [3.8, 4) is 0 Å². The van der Waals surface area contributed by atoms with Crippen LogP contribution in [0.3, 0.4) is 0 Å². The Balaban J connectivity index is 1.71. The van der Waals surface area contributed by atoms with Crippen LogP contribution < -0.4 is 0 Å². The molecule has 11 heteroatoms. The Morgan fingerprint density at radius 3 is 2.22 bits per heavy atom. The lowest BCUT2D eigenvalue weighted by atomic mass is 9.70. The molecule has 0 saturated carbocycles. The van der Waals surface area contributed by atoms with Gasteiger partial charge < -0.3 is 54.7 Å². The highest BCUT2D eigenvalue weighted by atomic mass is 16.8. The minimum absolute atomic E-state index is 0.146. The van der Waals surface area contributed by atoms with Gasteiger partial charge in [0.05, 0.1) is 24.9 Å². The Morgan fingerprint density at radius 2 is 1.61 bits per heavy atom. The molecule has 0 bridgehead atoms. The van der Waals surface area contributed by atoms with Crippen LogP contribution in [0.15, 0.2) is 11.1 Å². The quantitative estimate of drug-likeness (QED) is 0.202. The molecule has 2 aliphatic heterocycles. The van der Waals surface area contributed by atoms with Gasteiger partial charge >= 0.3 is 0 Å². The van der Waals surface area contributed by atoms with Crippen molar-refractivity contribution in [2.75, 3.05) is 6.61 Å². The Morgan fingerprint density at radius 1 is 0.944 bits per heavy atom. The molecule has 36 heavy (non-hydrogen) atoms. The van der Waals surface area contributed by atoms with E-state index in [4.69, 9.17) is 18.9 Å². The lowest BCUT2D eigenvalue weighted by Crippen LogP contribution is -2.64. The Hall–Kier alpha value is -0.700. The van der Waals surface area contributed by atoms with Crippen LogP contribution in [0.1, 0.15) is 60.3 Å². The summed E-state index contributed by atoms with van der Waals surface area (Å²) in [5.74, 6) is 0. The van der Waals surface area contributed by atoms with Gasteiger partial charge in [0, 0.05) is 0 Å². The van der Waals surface area contributed by atoms with Gasteiger partial charge in [-0.05, 0) is 51.9 Å². The van der Waals surface area contributed by atoms with Gasteiger partial charge in [-0.1, -0.05) is 25.0 Å². The van der Waals surface area contributed by atoms with Crippen molar-refractivity contribution in [2.45, 2.75) is 134 Å². The maximum Gasteiger partial charge on any atom is 0.187 e. The topological polar surface area (TPSA) is 179 Å². The number of aliphatic hydroxyl groups excluding tert-OH is 7. The van der Waals surface area contributed by atoms with E-state index in [1.165, 1.54) is 18.1 Å². The van der Waals surface area contributed by atoms with Gasteiger partial charge in [0.2, 0.25) is 0 Å². The van der Waals surface area contributed by atoms with Crippen molar-refractivity contribution in [1.82, 2.24) is 0 Å². The normalized spacial score (nSPS) is 44.5. The molecule has 12 unspecified atom stereocenters. The lowest BCUT2D eigenvalue weighted by Gasteiger charge is -2.46. The SMILES string of the molecule is CC1=C(CCC(C)OC2OC(CO)C(O)C(O)C2OC2OC(C)C(O)C(O)C2O)C(C)(C)CC(O)C1. The number of hydrogen-bond acceptors (Lipinski definition) is 11. The molecule has 0 aromatic rings. The molecule has 2 heterocycles. The van der Waals surface area contributed by atoms with Gasteiger partial charge in [0.1, 0.15) is 42.7 Å². The van der Waals surface area contributed by atoms with Crippen LogP contribution in [0.4, 0.5) is 0 Å². The number of rotatable bonds is 8. The van der Waals surface area contributed by atoms with Crippen LogP contribution >= 0.6 is 0 Å². The molecule has 11 nitrogen and oxygen atoms in total. The summed E-state index contributed by atoms with van der Waals surface area (Å²) in [6, 6.07) is 0. The highest BCUT2D eigenvalue weighted by Crippen LogP contribution is 2.43. The Kier molecular flexibility index (Phi) is 9.95. The Bertz CT molecular complexity index is 758. The van der Waals surface area contributed by atoms with E-state index in [0.29, 0.717) is 19.3 Å². The van der Waals surface area contributed by atoms with Gasteiger partial charge in [0.15, 0.2) is 12.6 Å². The van der Waals surface area contributed by atoms with Gasteiger partial charge in [0.25, 0.3) is 0 Å². The first-order chi connectivity index (χ1) is 16.8. The maximum absolute atomic E-state index is 10.8. The van der Waals surface area contributed by atoms with Crippen molar-refractivity contribution in [3.63, 3.8) is 0 Å². The summed E-state index contributed by atoms with van der Waals surface area (Å²) in [6.45, 7) is 9.02. The van der Waals surface area contributed by atoms with Gasteiger partial charge in [-0.25, -0.2) is 0 Å². The second-order valence-corrected chi connectivity index (χ2v) is 11.2. The van der Waals surface area contributed by atoms with E-state index in [2.05, 4.69) is 13.8 Å². The van der Waals surface area contributed by atoms with E-state index in [9.17, 15) is 35.7 Å². The molecule has 2 saturated heterocycles. The molecule has 12 atom stereocenters. The van der Waals surface area contributed by atoms with Crippen LogP contribution in [0.5, 0.6) is 0 Å². The maximum atomic E-state index is 10.8. The molecular formula is C25H44O11. The molecule has 7 N–H and O–H groups in total. The lowest BCUT2D eigenvalue weighted by molar-refractivity contribution is -0.368. The zero-order valence-electron chi connectivity index (χ0n) is 21.7. The summed E-state index contributed by atoms with van der Waals surface area (Å²) < 4.78 is 23.0. The minimum atomic E-state index is -1.62. The molecule has 0 aromatic heterocycles. The largest absolute Gasteiger partial charge is 0.394 e. The summed E-state index contributed by atoms with van der Waals surface area (Å²) in [4.78, 5) is 0. The van der Waals surface area contributed by atoms with E-state index < -0.39 is 68.0 Å². The predicted octanol–water partition coefficient (Wildman–Crippen LogP) is -0.679. The fourth-order valence-corrected chi connectivity index (χ4v) is 5.63. The standard InChI is InChI=1S/C25H44O11/c1-11-8-14(27)9-25(4,5)15(11)7-6-12(2)33-24-22(20(31)18(29)16(10-26)35-24)36-23-21(32)19(30)17(28)13(3)34-23/h12-14,16-24,26-32H,6-10H2,1-5H3. The third-order valence-electron chi connectivity index (χ3n) is 7.71. The first-order valence-electron chi connectivity index (χ1n) is 12.8. The minimum Gasteiger partial charge on any atom is -0.394 e. The van der Waals surface area contributed by atoms with Gasteiger partial charge in [-0.2, -0.15) is 0 Å². The summed E-state index contributed by atoms with van der Waals surface area (Å²) in [7, 11) is 0. The third-order valence-corrected chi connectivity index (χ3v) is 7.71. The smallest absolute Gasteiger partial charge is 0.187 e. The second kappa shape index (κ2) is 12.0. The molecule has 0 amide bonds. The van der Waals surface area contributed by atoms with Crippen LogP contribution in [0.25, 0.3) is 0 Å². The summed E-state index contributed by atoms with van der Waals surface area (Å²) in [5.41, 5.74) is 2.29. The molecule has 3 rings (SSSR count). The summed E-state index contributed by atoms with van der Waals surface area (Å²) in [6.07, 6.45) is -11.6. The Labute approximate surface area is 212 Å². The fourth-order valence-electron chi connectivity index (χ4n) is 5.63. The van der Waals surface area contributed by atoms with Crippen molar-refractivity contribution >= 4 is 0 Å². The first-order valence-corrected chi connectivity index (χ1v) is 12.8. The van der Waals surface area contributed by atoms with Crippen molar-refractivity contribution in [3.05, 3.63) is 11.1 Å². The average molecular weight is 521 g/mol. The van der Waals surface area contributed by atoms with Crippen LogP contribution in [-0.4, -0.2) is 116 Å². The predicted molar refractivity (Wildman–Crippen MR) is 126 cm³/mol. The van der Waals surface area contributed by atoms with Crippen LogP contribution in [0.2, 0.25) is 0 Å². The van der Waals surface area contributed by atoms with E-state index in [1.54, 1.807) is 0 Å². The van der Waals surface area contributed by atoms with Crippen LogP contribution in [-0.2, 0) is 18.9 Å². The van der Waals surface area contributed by atoms with E-state index >= 15 is 0 Å². The molecule has 2 fully saturated rings. The van der Waals surface area contributed by atoms with Crippen LogP contribution in [0, 0.1) is 5.41 Å². The molecule has 0 radical (unpaired) electrons. The third kappa shape index (κ3) is 6.47. The molecule has 0 spiro atoms. The van der Waals surface area contributed by atoms with Gasteiger partial charge in [-0.15, -0.1) is 0 Å². The highest BCUT2D eigenvalue weighted by Gasteiger charge is 2.50. The zero-order valence-corrected chi connectivity index (χ0v) is 21.7. The molecule has 210 valence electrons. The van der Waals surface area contributed by atoms with E-state index in [0.717, 1.165) is 6.42 Å². The average Bonchev–Trinajstić information content (AvgIpc) is 2.79. The number of ether oxygens (including phenoxy) is 4. The fraction of sp³-hybridized carbons (Fsp3) is 0.920. The molecule has 1 aliphatic carbocycles. The monoisotopic (exact) mass is 520 g/mol.